The maximum absolute atomic E-state index is 12.4. The first-order valence-corrected chi connectivity index (χ1v) is 8.31. The number of sulfonamides is 1. The highest BCUT2D eigenvalue weighted by Gasteiger charge is 2.30. The molecular weight excluding hydrogens is 260 g/mol. The summed E-state index contributed by atoms with van der Waals surface area (Å²) in [6, 6.07) is 7.24. The average molecular weight is 282 g/mol. The third kappa shape index (κ3) is 3.35. The van der Waals surface area contributed by atoms with E-state index in [1.54, 1.807) is 12.1 Å². The van der Waals surface area contributed by atoms with Crippen molar-refractivity contribution in [3.63, 3.8) is 0 Å². The maximum Gasteiger partial charge on any atom is 0.241 e. The number of nitrogens with one attached hydrogen (secondary N) is 1. The number of benzene rings is 1. The first-order valence-electron chi connectivity index (χ1n) is 6.82. The van der Waals surface area contributed by atoms with Crippen molar-refractivity contribution in [3.05, 3.63) is 29.8 Å². The molecule has 4 nitrogen and oxygen atoms in total. The van der Waals surface area contributed by atoms with Gasteiger partial charge in [0.25, 0.3) is 0 Å². The van der Waals surface area contributed by atoms with E-state index >= 15 is 0 Å². The van der Waals surface area contributed by atoms with Crippen LogP contribution in [0, 0.1) is 0 Å². The minimum absolute atomic E-state index is 0.0250. The predicted molar refractivity (Wildman–Crippen MR) is 76.5 cm³/mol. The zero-order chi connectivity index (χ0) is 14.0. The van der Waals surface area contributed by atoms with Crippen LogP contribution in [0.4, 0.5) is 0 Å². The van der Waals surface area contributed by atoms with Crippen molar-refractivity contribution < 1.29 is 8.42 Å². The van der Waals surface area contributed by atoms with Crippen LogP contribution in [-0.4, -0.2) is 20.5 Å². The minimum atomic E-state index is -3.42. The number of hydrogen-bond donors (Lipinski definition) is 2. The molecule has 0 saturated heterocycles. The lowest BCUT2D eigenvalue weighted by molar-refractivity contribution is 0.538. The average Bonchev–Trinajstić information content (AvgIpc) is 3.20. The molecule has 0 aliphatic heterocycles. The molecule has 1 saturated carbocycles. The van der Waals surface area contributed by atoms with Gasteiger partial charge in [0.15, 0.2) is 0 Å². The Morgan fingerprint density at radius 2 is 2.00 bits per heavy atom. The van der Waals surface area contributed by atoms with Gasteiger partial charge in [-0.3, -0.25) is 0 Å². The van der Waals surface area contributed by atoms with Gasteiger partial charge in [-0.1, -0.05) is 32.0 Å². The van der Waals surface area contributed by atoms with Crippen molar-refractivity contribution in [2.45, 2.75) is 56.0 Å². The Kier molecular flexibility index (Phi) is 4.28. The maximum atomic E-state index is 12.4. The summed E-state index contributed by atoms with van der Waals surface area (Å²) in [6.07, 6.45) is 2.70. The molecule has 0 aromatic heterocycles. The van der Waals surface area contributed by atoms with Crippen LogP contribution in [0.1, 0.15) is 44.6 Å². The smallest absolute Gasteiger partial charge is 0.241 e. The zero-order valence-electron chi connectivity index (χ0n) is 11.5. The van der Waals surface area contributed by atoms with Gasteiger partial charge in [0.2, 0.25) is 10.0 Å². The van der Waals surface area contributed by atoms with Crippen LogP contribution in [-0.2, 0) is 10.0 Å². The monoisotopic (exact) mass is 282 g/mol. The molecule has 0 heterocycles. The fraction of sp³-hybridized carbons (Fsp3) is 0.571. The second-order valence-corrected chi connectivity index (χ2v) is 6.98. The third-order valence-electron chi connectivity index (χ3n) is 3.71. The van der Waals surface area contributed by atoms with E-state index in [1.165, 1.54) is 0 Å². The standard InChI is InChI=1S/C14H22N2O2S/c1-3-13(15)10(2)12-6-4-5-7-14(12)19(17,18)16-11-8-9-11/h4-7,10-11,13,16H,3,8-9,15H2,1-2H3. The molecule has 2 atom stereocenters. The highest BCUT2D eigenvalue weighted by atomic mass is 32.2. The SMILES string of the molecule is CCC(N)C(C)c1ccccc1S(=O)(=O)NC1CC1. The predicted octanol–water partition coefficient (Wildman–Crippen LogP) is 1.97. The Hall–Kier alpha value is -0.910. The molecule has 2 unspecified atom stereocenters. The van der Waals surface area contributed by atoms with Crippen LogP contribution in [0.2, 0.25) is 0 Å². The quantitative estimate of drug-likeness (QED) is 0.838. The molecule has 2 rings (SSSR count). The highest BCUT2D eigenvalue weighted by Crippen LogP contribution is 2.28. The molecule has 0 spiro atoms. The van der Waals surface area contributed by atoms with Gasteiger partial charge in [-0.2, -0.15) is 0 Å². The van der Waals surface area contributed by atoms with E-state index in [0.717, 1.165) is 24.8 Å². The van der Waals surface area contributed by atoms with Crippen LogP contribution < -0.4 is 10.5 Å². The molecule has 19 heavy (non-hydrogen) atoms. The molecule has 106 valence electrons. The summed E-state index contributed by atoms with van der Waals surface area (Å²) in [6.45, 7) is 4.00. The number of hydrogen-bond acceptors (Lipinski definition) is 3. The summed E-state index contributed by atoms with van der Waals surface area (Å²) < 4.78 is 27.5. The fourth-order valence-corrected chi connectivity index (χ4v) is 3.79. The largest absolute Gasteiger partial charge is 0.327 e. The second-order valence-electron chi connectivity index (χ2n) is 5.29. The van der Waals surface area contributed by atoms with Crippen molar-refractivity contribution in [2.75, 3.05) is 0 Å². The summed E-state index contributed by atoms with van der Waals surface area (Å²) in [7, 11) is -3.42. The Morgan fingerprint density at radius 1 is 1.37 bits per heavy atom. The van der Waals surface area contributed by atoms with Crippen molar-refractivity contribution >= 4 is 10.0 Å². The van der Waals surface area contributed by atoms with E-state index in [4.69, 9.17) is 5.73 Å². The molecule has 1 aromatic carbocycles. The van der Waals surface area contributed by atoms with E-state index in [1.807, 2.05) is 26.0 Å². The van der Waals surface area contributed by atoms with Crippen molar-refractivity contribution in [1.29, 1.82) is 0 Å². The summed E-state index contributed by atoms with van der Waals surface area (Å²) in [5.74, 6) is 0.0250. The normalized spacial score (nSPS) is 19.1. The summed E-state index contributed by atoms with van der Waals surface area (Å²) in [5.41, 5.74) is 6.87. The highest BCUT2D eigenvalue weighted by molar-refractivity contribution is 7.89. The Morgan fingerprint density at radius 3 is 2.58 bits per heavy atom. The van der Waals surface area contributed by atoms with Crippen molar-refractivity contribution in [3.8, 4) is 0 Å². The molecule has 0 bridgehead atoms. The second kappa shape index (κ2) is 5.61. The number of nitrogens with two attached hydrogens (primary N) is 1. The molecule has 0 amide bonds. The molecule has 3 N–H and O–H groups in total. The van der Waals surface area contributed by atoms with Crippen LogP contribution >= 0.6 is 0 Å². The van der Waals surface area contributed by atoms with E-state index in [0.29, 0.717) is 4.90 Å². The minimum Gasteiger partial charge on any atom is -0.327 e. The Balaban J connectivity index is 2.34. The van der Waals surface area contributed by atoms with Crippen LogP contribution in [0.5, 0.6) is 0 Å². The number of rotatable bonds is 6. The lowest BCUT2D eigenvalue weighted by Gasteiger charge is -2.21. The summed E-state index contributed by atoms with van der Waals surface area (Å²) in [4.78, 5) is 0.373. The lowest BCUT2D eigenvalue weighted by Crippen LogP contribution is -2.30. The van der Waals surface area contributed by atoms with Gasteiger partial charge >= 0.3 is 0 Å². The topological polar surface area (TPSA) is 72.2 Å². The van der Waals surface area contributed by atoms with Crippen LogP contribution in [0.25, 0.3) is 0 Å². The lowest BCUT2D eigenvalue weighted by atomic mass is 9.92. The first-order chi connectivity index (χ1) is 8.95. The fourth-order valence-electron chi connectivity index (χ4n) is 2.17. The van der Waals surface area contributed by atoms with Gasteiger partial charge in [-0.25, -0.2) is 13.1 Å². The molecule has 1 aliphatic carbocycles. The van der Waals surface area contributed by atoms with Crippen LogP contribution in [0.3, 0.4) is 0 Å². The third-order valence-corrected chi connectivity index (χ3v) is 5.31. The van der Waals surface area contributed by atoms with Gasteiger partial charge in [-0.05, 0) is 36.8 Å². The molecular formula is C14H22N2O2S. The molecule has 1 aliphatic rings. The summed E-state index contributed by atoms with van der Waals surface area (Å²) >= 11 is 0. The van der Waals surface area contributed by atoms with Crippen molar-refractivity contribution in [1.82, 2.24) is 4.72 Å². The van der Waals surface area contributed by atoms with E-state index in [9.17, 15) is 8.42 Å². The molecule has 5 heteroatoms. The van der Waals surface area contributed by atoms with Crippen molar-refractivity contribution in [2.24, 2.45) is 5.73 Å². The van der Waals surface area contributed by atoms with Gasteiger partial charge in [-0.15, -0.1) is 0 Å². The Bertz CT molecular complexity index is 538. The molecule has 1 fully saturated rings. The van der Waals surface area contributed by atoms with Gasteiger partial charge < -0.3 is 5.73 Å². The zero-order valence-corrected chi connectivity index (χ0v) is 12.3. The van der Waals surface area contributed by atoms with Crippen LogP contribution in [0.15, 0.2) is 29.2 Å². The van der Waals surface area contributed by atoms with Gasteiger partial charge in [0.05, 0.1) is 4.90 Å². The first kappa shape index (κ1) is 14.5. The van der Waals surface area contributed by atoms with E-state index in [-0.39, 0.29) is 18.0 Å². The van der Waals surface area contributed by atoms with Gasteiger partial charge in [0, 0.05) is 12.1 Å². The van der Waals surface area contributed by atoms with Gasteiger partial charge in [0.1, 0.15) is 0 Å². The molecule has 1 aromatic rings. The van der Waals surface area contributed by atoms with E-state index in [2.05, 4.69) is 4.72 Å². The van der Waals surface area contributed by atoms with E-state index < -0.39 is 10.0 Å². The Labute approximate surface area is 115 Å². The summed E-state index contributed by atoms with van der Waals surface area (Å²) in [5, 5.41) is 0. The molecule has 0 radical (unpaired) electrons.